The molecular weight excluding hydrogens is 827 g/mol. The molecule has 0 heterocycles. The summed E-state index contributed by atoms with van der Waals surface area (Å²) >= 11 is 0. The lowest BCUT2D eigenvalue weighted by Gasteiger charge is -2.44. The lowest BCUT2D eigenvalue weighted by molar-refractivity contribution is -0.461. The van der Waals surface area contributed by atoms with Crippen LogP contribution in [0.4, 0.5) is 74.6 Å². The second-order valence-corrected chi connectivity index (χ2v) is 18.6. The van der Waals surface area contributed by atoms with Crippen LogP contribution in [0, 0.1) is 5.92 Å². The topological polar surface area (TPSA) is 65.0 Å². The number of ether oxygens (including phenoxy) is 2. The summed E-state index contributed by atoms with van der Waals surface area (Å²) in [7, 11) is -3.95. The number of alkyl halides is 17. The molecule has 5 nitrogen and oxygen atoms in total. The first kappa shape index (κ1) is 51.2. The molecule has 1 aromatic rings. The maximum Gasteiger partial charge on any atom is 0.460 e. The second-order valence-electron chi connectivity index (χ2n) is 13.6. The van der Waals surface area contributed by atoms with Gasteiger partial charge in [-0.2, -0.15) is 74.6 Å². The number of aliphatic hydroxyl groups excluding tert-OH is 1. The van der Waals surface area contributed by atoms with Gasteiger partial charge in [0.2, 0.25) is 0 Å². The van der Waals surface area contributed by atoms with Gasteiger partial charge in [-0.3, -0.25) is 0 Å². The largest absolute Gasteiger partial charge is 0.491 e. The van der Waals surface area contributed by atoms with Crippen molar-refractivity contribution in [2.24, 2.45) is 5.92 Å². The van der Waals surface area contributed by atoms with Gasteiger partial charge in [0.15, 0.2) is 8.32 Å². The Morgan fingerprint density at radius 1 is 0.696 bits per heavy atom. The van der Waals surface area contributed by atoms with Gasteiger partial charge in [0.25, 0.3) is 0 Å². The summed E-state index contributed by atoms with van der Waals surface area (Å²) in [5.41, 5.74) is -1.07. The second kappa shape index (κ2) is 17.6. The van der Waals surface area contributed by atoms with E-state index in [0.717, 1.165) is 0 Å². The summed E-state index contributed by atoms with van der Waals surface area (Å²) in [4.78, 5) is 11.8. The Hall–Kier alpha value is -2.82. The monoisotopic (exact) mass is 868 g/mol. The molecule has 0 amide bonds. The normalized spacial score (nSPS) is 16.0. The molecule has 0 fully saturated rings. The molecule has 0 aliphatic carbocycles. The number of halogens is 17. The van der Waals surface area contributed by atoms with E-state index in [1.165, 1.54) is 65.0 Å². The van der Waals surface area contributed by atoms with Crippen molar-refractivity contribution < 1.29 is 98.4 Å². The van der Waals surface area contributed by atoms with E-state index in [0.29, 0.717) is 5.56 Å². The van der Waals surface area contributed by atoms with E-state index in [-0.39, 0.29) is 24.5 Å². The third-order valence-electron chi connectivity index (χ3n) is 9.12. The Bertz CT molecular complexity index is 1470. The average Bonchev–Trinajstić information content (AvgIpc) is 3.06. The van der Waals surface area contributed by atoms with Crippen molar-refractivity contribution in [1.29, 1.82) is 0 Å². The van der Waals surface area contributed by atoms with Crippen LogP contribution in [-0.4, -0.2) is 86.8 Å². The van der Waals surface area contributed by atoms with E-state index < -0.39 is 104 Å². The summed E-state index contributed by atoms with van der Waals surface area (Å²) in [5.74, 6) is -57.7. The van der Waals surface area contributed by atoms with Crippen molar-refractivity contribution in [3.8, 4) is 5.75 Å². The molecule has 1 aromatic carbocycles. The van der Waals surface area contributed by atoms with Gasteiger partial charge in [0.1, 0.15) is 12.4 Å². The van der Waals surface area contributed by atoms with Crippen molar-refractivity contribution in [3.05, 3.63) is 41.5 Å². The van der Waals surface area contributed by atoms with Crippen molar-refractivity contribution in [2.75, 3.05) is 19.8 Å². The van der Waals surface area contributed by atoms with Gasteiger partial charge in [0.05, 0.1) is 19.3 Å². The summed E-state index contributed by atoms with van der Waals surface area (Å²) in [5, 5.41) is 10.7. The van der Waals surface area contributed by atoms with E-state index in [4.69, 9.17) is 13.9 Å². The van der Waals surface area contributed by atoms with Crippen LogP contribution in [0.5, 0.6) is 5.75 Å². The van der Waals surface area contributed by atoms with Crippen molar-refractivity contribution in [1.82, 2.24) is 0 Å². The highest BCUT2D eigenvalue weighted by Crippen LogP contribution is 2.64. The fourth-order valence-electron chi connectivity index (χ4n) is 5.61. The molecule has 1 N–H and O–H groups in total. The molecule has 0 aromatic heterocycles. The van der Waals surface area contributed by atoms with E-state index in [1.54, 1.807) is 13.8 Å². The van der Waals surface area contributed by atoms with Gasteiger partial charge in [-0.15, -0.1) is 0 Å². The predicted octanol–water partition coefficient (Wildman–Crippen LogP) is 11.4. The van der Waals surface area contributed by atoms with Crippen LogP contribution in [0.25, 0.3) is 0 Å². The van der Waals surface area contributed by atoms with Crippen LogP contribution in [0.3, 0.4) is 0 Å². The molecular formula is C33H41F17O5Si. The Morgan fingerprint density at radius 2 is 1.12 bits per heavy atom. The lowest BCUT2D eigenvalue weighted by atomic mass is 9.88. The maximum atomic E-state index is 14.8. The molecule has 326 valence electrons. The summed E-state index contributed by atoms with van der Waals surface area (Å²) in [6.45, 7) is 9.30. The number of aliphatic hydroxyl groups is 1. The van der Waals surface area contributed by atoms with Crippen LogP contribution in [0.1, 0.15) is 66.6 Å². The van der Waals surface area contributed by atoms with Crippen LogP contribution in [0.2, 0.25) is 17.1 Å². The zero-order valence-electron chi connectivity index (χ0n) is 30.7. The Kier molecular flexibility index (Phi) is 16.1. The first-order valence-electron chi connectivity index (χ1n) is 16.6. The number of benzene rings is 1. The highest BCUT2D eigenvalue weighted by atomic mass is 28.4. The first-order chi connectivity index (χ1) is 25.0. The van der Waals surface area contributed by atoms with Crippen molar-refractivity contribution in [3.63, 3.8) is 0 Å². The van der Waals surface area contributed by atoms with Crippen molar-refractivity contribution in [2.45, 2.75) is 126 Å². The molecule has 0 aliphatic heterocycles. The molecule has 0 aliphatic rings. The maximum absolute atomic E-state index is 14.8. The smallest absolute Gasteiger partial charge is 0.460 e. The van der Waals surface area contributed by atoms with E-state index >= 15 is 0 Å². The van der Waals surface area contributed by atoms with E-state index in [9.17, 15) is 84.5 Å². The SMILES string of the molecule is CCOC(=O)/C(C)=C/[C@@H](C)[C@@H](O)c1ccc(OCCO[Si](CCC(F)(F)C(F)(F)C(F)(F)C(F)(F)C(F)(F)C(F)(F)C(F)(F)C(F)(F)F)(C(C)C)C(C)C)cc1. The molecule has 0 saturated carbocycles. The predicted molar refractivity (Wildman–Crippen MR) is 168 cm³/mol. The van der Waals surface area contributed by atoms with Gasteiger partial charge in [-0.25, -0.2) is 4.79 Å². The van der Waals surface area contributed by atoms with Gasteiger partial charge in [-0.05, 0) is 48.7 Å². The van der Waals surface area contributed by atoms with Crippen LogP contribution < -0.4 is 4.74 Å². The van der Waals surface area contributed by atoms with Gasteiger partial charge >= 0.3 is 53.6 Å². The third kappa shape index (κ3) is 9.55. The molecule has 0 saturated heterocycles. The molecule has 0 unspecified atom stereocenters. The number of esters is 1. The van der Waals surface area contributed by atoms with Crippen molar-refractivity contribution >= 4 is 14.3 Å². The summed E-state index contributed by atoms with van der Waals surface area (Å²) < 4.78 is 250. The molecule has 1 rings (SSSR count). The van der Waals surface area contributed by atoms with E-state index in [2.05, 4.69) is 0 Å². The molecule has 0 bridgehead atoms. The number of carbonyl (C=O) groups is 1. The Labute approximate surface area is 311 Å². The minimum absolute atomic E-state index is 0.140. The number of hydrogen-bond acceptors (Lipinski definition) is 5. The molecule has 0 spiro atoms. The molecule has 56 heavy (non-hydrogen) atoms. The van der Waals surface area contributed by atoms with E-state index in [1.807, 2.05) is 0 Å². The summed E-state index contributed by atoms with van der Waals surface area (Å²) in [6.07, 6.45) is -9.96. The standard InChI is InChI=1S/C33H41F17O5Si/c1-8-53-25(52)21(7)17-20(6)24(51)22-9-11-23(12-10-22)54-14-15-55-56(18(2)3,19(4)5)16-13-26(34,35)27(36,37)28(38,39)29(40,41)30(42,43)31(44,45)32(46,47)33(48,49)50/h9-12,17-20,24,51H,8,13-16H2,1-7H3/b21-17+/t20-,24-/m1/s1. The van der Waals surface area contributed by atoms with Crippen LogP contribution in [0.15, 0.2) is 35.9 Å². The van der Waals surface area contributed by atoms with Gasteiger partial charge in [-0.1, -0.05) is 52.8 Å². The quantitative estimate of drug-likeness (QED) is 0.0438. The zero-order valence-corrected chi connectivity index (χ0v) is 31.7. The number of hydrogen-bond donors (Lipinski definition) is 1. The van der Waals surface area contributed by atoms with Gasteiger partial charge < -0.3 is 19.0 Å². The highest BCUT2D eigenvalue weighted by Gasteiger charge is 2.95. The molecule has 2 atom stereocenters. The van der Waals surface area contributed by atoms with Crippen LogP contribution >= 0.6 is 0 Å². The minimum atomic E-state index is -8.68. The van der Waals surface area contributed by atoms with Crippen LogP contribution in [-0.2, 0) is 14.0 Å². The highest BCUT2D eigenvalue weighted by molar-refractivity contribution is 6.76. The molecule has 23 heteroatoms. The number of carbonyl (C=O) groups excluding carboxylic acids is 1. The average molecular weight is 869 g/mol. The Morgan fingerprint density at radius 3 is 1.54 bits per heavy atom. The summed E-state index contributed by atoms with van der Waals surface area (Å²) in [6, 6.07) is 4.38. The zero-order chi connectivity index (χ0) is 44.3. The lowest BCUT2D eigenvalue weighted by Crippen LogP contribution is -2.74. The third-order valence-corrected chi connectivity index (χ3v) is 14.8. The molecule has 0 radical (unpaired) electrons. The minimum Gasteiger partial charge on any atom is -0.491 e. The number of rotatable bonds is 21. The fraction of sp³-hybridized carbons (Fsp3) is 0.727. The fourth-order valence-corrected chi connectivity index (χ4v) is 10.1. The Balaban J connectivity index is 3.23. The first-order valence-corrected chi connectivity index (χ1v) is 18.9. The van der Waals surface area contributed by atoms with Gasteiger partial charge in [0, 0.05) is 17.9 Å².